The molecule has 12 aromatic rings. The predicted molar refractivity (Wildman–Crippen MR) is 265 cm³/mol. The number of halogens is 1. The van der Waals surface area contributed by atoms with E-state index in [1.54, 1.807) is 6.07 Å². The lowest BCUT2D eigenvalue weighted by Crippen LogP contribution is -2.53. The topological polar surface area (TPSA) is 16.4 Å². The molecule has 0 radical (unpaired) electrons. The molecule has 1 aromatic heterocycles. The van der Waals surface area contributed by atoms with Crippen LogP contribution in [-0.2, 0) is 0 Å². The first-order chi connectivity index (χ1) is 31.1. The van der Waals surface area contributed by atoms with Crippen LogP contribution < -0.4 is 21.3 Å². The molecule has 0 saturated heterocycles. The molecule has 0 atom stereocenters. The van der Waals surface area contributed by atoms with Crippen molar-refractivity contribution < 1.29 is 8.81 Å². The Bertz CT molecular complexity index is 3660. The normalized spacial score (nSPS) is 11.7. The molecule has 0 amide bonds. The molecule has 0 aliphatic rings. The van der Waals surface area contributed by atoms with Gasteiger partial charge in [-0.3, -0.25) is 0 Å². The van der Waals surface area contributed by atoms with Crippen molar-refractivity contribution in [1.29, 1.82) is 0 Å². The summed E-state index contributed by atoms with van der Waals surface area (Å²) in [4.78, 5) is 2.12. The number of hydrogen-bond acceptors (Lipinski definition) is 2. The molecule has 0 N–H and O–H groups in total. The van der Waals surface area contributed by atoms with E-state index in [2.05, 4.69) is 157 Å². The van der Waals surface area contributed by atoms with E-state index in [1.165, 1.54) is 32.7 Å². The van der Waals surface area contributed by atoms with Crippen LogP contribution in [0.4, 0.5) is 21.5 Å². The molecule has 0 aliphatic carbocycles. The third-order valence-electron chi connectivity index (χ3n) is 13.0. The van der Waals surface area contributed by atoms with E-state index < -0.39 is 0 Å². The number of fused-ring (bicyclic) bond motifs is 3. The number of rotatable bonds is 8. The van der Waals surface area contributed by atoms with Crippen molar-refractivity contribution in [2.24, 2.45) is 0 Å². The maximum absolute atomic E-state index is 17.9. The molecule has 296 valence electrons. The van der Waals surface area contributed by atoms with Crippen molar-refractivity contribution >= 4 is 94.4 Å². The molecule has 2 nitrogen and oxygen atoms in total. The van der Waals surface area contributed by atoms with Gasteiger partial charge >= 0.3 is 0 Å². The standard InChI is InChI=1S/C59H39BFNO/c1-38-16-11-13-25-50(38)60(44-21-9-4-10-22-44)51-34-30-41-29-33-48-53(35-31-42-28-32-47(51)56(41)57(42)48)62(54-26-15-24-46-45-23-12-14-27-55(45)63-59(46)54)58-49(40-19-7-3-8-20-40)36-43(37-52(58)61)39-17-5-2-6-18-39/h2-37H,1H3. The summed E-state index contributed by atoms with van der Waals surface area (Å²) in [5, 5.41) is 8.84. The lowest BCUT2D eigenvalue weighted by molar-refractivity contribution is 0.629. The molecule has 0 unspecified atom stereocenters. The van der Waals surface area contributed by atoms with Crippen molar-refractivity contribution in [3.63, 3.8) is 0 Å². The highest BCUT2D eigenvalue weighted by Crippen LogP contribution is 2.50. The van der Waals surface area contributed by atoms with Crippen LogP contribution in [0.3, 0.4) is 0 Å². The minimum atomic E-state index is -0.333. The highest BCUT2D eigenvalue weighted by molar-refractivity contribution is 6.97. The van der Waals surface area contributed by atoms with Gasteiger partial charge in [0.25, 0.3) is 0 Å². The van der Waals surface area contributed by atoms with Gasteiger partial charge in [0.15, 0.2) is 5.58 Å². The van der Waals surface area contributed by atoms with Gasteiger partial charge < -0.3 is 9.32 Å². The van der Waals surface area contributed by atoms with Crippen LogP contribution in [0.1, 0.15) is 5.56 Å². The van der Waals surface area contributed by atoms with Crippen molar-refractivity contribution in [2.75, 3.05) is 4.90 Å². The van der Waals surface area contributed by atoms with E-state index in [4.69, 9.17) is 4.42 Å². The fraction of sp³-hybridized carbons (Fsp3) is 0.0169. The highest BCUT2D eigenvalue weighted by Gasteiger charge is 2.30. The summed E-state index contributed by atoms with van der Waals surface area (Å²) in [6.07, 6.45) is 0. The third kappa shape index (κ3) is 6.01. The number of benzene rings is 11. The van der Waals surface area contributed by atoms with Gasteiger partial charge in [0.05, 0.1) is 17.1 Å². The largest absolute Gasteiger partial charge is 0.454 e. The number of nitrogens with zero attached hydrogens (tertiary/aromatic N) is 1. The number of para-hydroxylation sites is 2. The predicted octanol–water partition coefficient (Wildman–Crippen LogP) is 14.3. The average molecular weight is 808 g/mol. The van der Waals surface area contributed by atoms with E-state index >= 15 is 4.39 Å². The summed E-state index contributed by atoms with van der Waals surface area (Å²) >= 11 is 0. The van der Waals surface area contributed by atoms with Crippen LogP contribution in [0.2, 0.25) is 0 Å². The molecule has 0 aliphatic heterocycles. The second-order valence-corrected chi connectivity index (χ2v) is 16.5. The summed E-state index contributed by atoms with van der Waals surface area (Å²) in [6.45, 7) is 2.23. The Morgan fingerprint density at radius 2 is 1.06 bits per heavy atom. The van der Waals surface area contributed by atoms with Gasteiger partial charge in [-0.15, -0.1) is 0 Å². The zero-order valence-electron chi connectivity index (χ0n) is 34.6. The summed E-state index contributed by atoms with van der Waals surface area (Å²) < 4.78 is 24.7. The van der Waals surface area contributed by atoms with Crippen LogP contribution in [0, 0.1) is 12.7 Å². The number of furan rings is 1. The SMILES string of the molecule is Cc1ccccc1B(c1ccccc1)c1ccc2ccc3c(N(c4c(F)cc(-c5ccccc5)cc4-c4ccccc4)c4cccc5c4oc4ccccc45)ccc4ccc1c2c43. The summed E-state index contributed by atoms with van der Waals surface area (Å²) in [6, 6.07) is 75.9. The van der Waals surface area contributed by atoms with Gasteiger partial charge in [0, 0.05) is 21.7 Å². The zero-order chi connectivity index (χ0) is 42.0. The molecule has 63 heavy (non-hydrogen) atoms. The first-order valence-electron chi connectivity index (χ1n) is 21.6. The van der Waals surface area contributed by atoms with Crippen molar-refractivity contribution in [2.45, 2.75) is 6.92 Å². The Balaban J connectivity index is 1.18. The first kappa shape index (κ1) is 36.9. The van der Waals surface area contributed by atoms with Crippen LogP contribution in [0.5, 0.6) is 0 Å². The number of aryl methyl sites for hydroxylation is 1. The lowest BCUT2D eigenvalue weighted by atomic mass is 9.35. The zero-order valence-corrected chi connectivity index (χ0v) is 34.6. The van der Waals surface area contributed by atoms with Crippen LogP contribution in [0.25, 0.3) is 76.5 Å². The maximum Gasteiger partial charge on any atom is 0.242 e. The lowest BCUT2D eigenvalue weighted by Gasteiger charge is -2.30. The van der Waals surface area contributed by atoms with Gasteiger partial charge in [-0.05, 0) is 80.9 Å². The highest BCUT2D eigenvalue weighted by atomic mass is 19.1. The molecule has 0 fully saturated rings. The van der Waals surface area contributed by atoms with Crippen LogP contribution >= 0.6 is 0 Å². The minimum Gasteiger partial charge on any atom is -0.454 e. The molecular weight excluding hydrogens is 768 g/mol. The molecule has 4 heteroatoms. The van der Waals surface area contributed by atoms with E-state index in [9.17, 15) is 0 Å². The van der Waals surface area contributed by atoms with Gasteiger partial charge in [-0.1, -0.05) is 210 Å². The second-order valence-electron chi connectivity index (χ2n) is 16.5. The second kappa shape index (κ2) is 14.9. The average Bonchev–Trinajstić information content (AvgIpc) is 3.73. The van der Waals surface area contributed by atoms with Crippen molar-refractivity contribution in [3.8, 4) is 22.3 Å². The monoisotopic (exact) mass is 807 g/mol. The summed E-state index contributed by atoms with van der Waals surface area (Å²) in [7, 11) is 0. The van der Waals surface area contributed by atoms with Gasteiger partial charge in [0.1, 0.15) is 11.4 Å². The quantitative estimate of drug-likeness (QED) is 0.112. The fourth-order valence-electron chi connectivity index (χ4n) is 10.1. The van der Waals surface area contributed by atoms with E-state index in [0.717, 1.165) is 71.5 Å². The molecule has 0 bridgehead atoms. The third-order valence-corrected chi connectivity index (χ3v) is 13.0. The fourth-order valence-corrected chi connectivity index (χ4v) is 10.1. The van der Waals surface area contributed by atoms with Crippen LogP contribution in [0.15, 0.2) is 223 Å². The Labute approximate surface area is 365 Å². The van der Waals surface area contributed by atoms with Gasteiger partial charge in [-0.25, -0.2) is 4.39 Å². The van der Waals surface area contributed by atoms with Gasteiger partial charge in [-0.2, -0.15) is 0 Å². The van der Waals surface area contributed by atoms with Crippen molar-refractivity contribution in [1.82, 2.24) is 0 Å². The molecular formula is C59H39BFNO. The summed E-state index contributed by atoms with van der Waals surface area (Å²) in [5.74, 6) is -0.333. The molecule has 0 saturated carbocycles. The van der Waals surface area contributed by atoms with E-state index in [1.807, 2.05) is 66.7 Å². The van der Waals surface area contributed by atoms with Gasteiger partial charge in [0.2, 0.25) is 6.71 Å². The molecule has 0 spiro atoms. The van der Waals surface area contributed by atoms with Crippen LogP contribution in [-0.4, -0.2) is 6.71 Å². The molecule has 1 heterocycles. The Morgan fingerprint density at radius 1 is 0.444 bits per heavy atom. The minimum absolute atomic E-state index is 0.0179. The first-order valence-corrected chi connectivity index (χ1v) is 21.6. The maximum atomic E-state index is 17.9. The Morgan fingerprint density at radius 3 is 1.84 bits per heavy atom. The Kier molecular flexibility index (Phi) is 8.72. The molecule has 11 aromatic carbocycles. The molecule has 12 rings (SSSR count). The Hall–Kier alpha value is -7.95. The van der Waals surface area contributed by atoms with E-state index in [0.29, 0.717) is 11.3 Å². The summed E-state index contributed by atoms with van der Waals surface area (Å²) in [5.41, 5.74) is 12.0. The van der Waals surface area contributed by atoms with E-state index in [-0.39, 0.29) is 12.5 Å². The van der Waals surface area contributed by atoms with Crippen molar-refractivity contribution in [3.05, 3.63) is 230 Å². The number of hydrogen-bond donors (Lipinski definition) is 0. The smallest absolute Gasteiger partial charge is 0.242 e. The number of anilines is 3.